The van der Waals surface area contributed by atoms with Gasteiger partial charge in [-0.05, 0) is 6.26 Å². The quantitative estimate of drug-likeness (QED) is 0.333. The summed E-state index contributed by atoms with van der Waals surface area (Å²) in [5, 5.41) is 37.2. The molecule has 1 rings (SSSR count). The van der Waals surface area contributed by atoms with E-state index < -0.39 is 46.8 Å². The number of hydrogen-bond acceptors (Lipinski definition) is 5. The molecule has 0 bridgehead atoms. The van der Waals surface area contributed by atoms with E-state index in [2.05, 4.69) is 0 Å². The van der Waals surface area contributed by atoms with E-state index in [0.717, 1.165) is 0 Å². The lowest BCUT2D eigenvalue weighted by atomic mass is 10.0. The van der Waals surface area contributed by atoms with E-state index in [-0.39, 0.29) is 0 Å². The number of aliphatic hydroxyl groups is 4. The van der Waals surface area contributed by atoms with Crippen molar-refractivity contribution in [2.75, 3.05) is 12.9 Å². The van der Waals surface area contributed by atoms with Crippen LogP contribution in [-0.4, -0.2) is 63.1 Å². The van der Waals surface area contributed by atoms with Crippen LogP contribution >= 0.6 is 10.3 Å². The van der Waals surface area contributed by atoms with Gasteiger partial charge in [0.2, 0.25) is 0 Å². The summed E-state index contributed by atoms with van der Waals surface area (Å²) in [5.41, 5.74) is 4.88. The van der Waals surface area contributed by atoms with Crippen molar-refractivity contribution in [3.63, 3.8) is 0 Å². The van der Waals surface area contributed by atoms with Gasteiger partial charge in [-0.25, -0.2) is 0 Å². The van der Waals surface area contributed by atoms with Crippen LogP contribution in [0.3, 0.4) is 0 Å². The molecule has 1 aliphatic heterocycles. The maximum Gasteiger partial charge on any atom is 0.123 e. The van der Waals surface area contributed by atoms with Crippen molar-refractivity contribution in [3.8, 4) is 5.69 Å². The van der Waals surface area contributed by atoms with Gasteiger partial charge in [-0.1, -0.05) is 0 Å². The molecule has 6 heteroatoms. The summed E-state index contributed by atoms with van der Waals surface area (Å²) in [6.45, 7) is -0.412. The molecule has 0 spiro atoms. The lowest BCUT2D eigenvalue weighted by Gasteiger charge is -2.40. The molecule has 0 aliphatic carbocycles. The average Bonchev–Trinajstić information content (AvgIpc) is 2.14. The topological polar surface area (TPSA) is 90.2 Å². The van der Waals surface area contributed by atoms with Gasteiger partial charge in [0.15, 0.2) is 0 Å². The number of thiol groups is 1. The minimum atomic E-state index is -1.32. The lowest BCUT2D eigenvalue weighted by molar-refractivity contribution is -0.205. The van der Waals surface area contributed by atoms with E-state index in [1.165, 1.54) is 0 Å². The molecule has 1 fully saturated rings. The number of rotatable bonds is 1. The highest BCUT2D eigenvalue weighted by Crippen LogP contribution is 2.28. The van der Waals surface area contributed by atoms with Crippen molar-refractivity contribution >= 4 is 10.3 Å². The fourth-order valence-corrected chi connectivity index (χ4v) is 2.43. The molecule has 14 heavy (non-hydrogen) atoms. The zero-order valence-corrected chi connectivity index (χ0v) is 8.71. The summed E-state index contributed by atoms with van der Waals surface area (Å²) in [6, 6.07) is 0. The second-order valence-electron chi connectivity index (χ2n) is 3.38. The largest absolute Gasteiger partial charge is 0.394 e. The zero-order valence-electron chi connectivity index (χ0n) is 7.82. The van der Waals surface area contributed by atoms with Crippen LogP contribution in [0.5, 0.6) is 0 Å². The van der Waals surface area contributed by atoms with Gasteiger partial charge in [0.1, 0.15) is 29.9 Å². The predicted octanol–water partition coefficient (Wildman–Crippen LogP) is -1.99. The Balaban J connectivity index is 2.80. The second-order valence-corrected chi connectivity index (χ2v) is 5.22. The molecule has 4 N–H and O–H groups in total. The van der Waals surface area contributed by atoms with Gasteiger partial charge in [-0.3, -0.25) is 0 Å². The van der Waals surface area contributed by atoms with E-state index in [1.54, 1.807) is 6.26 Å². The summed E-state index contributed by atoms with van der Waals surface area (Å²) in [4.78, 5) is 0. The molecule has 1 aliphatic rings. The van der Waals surface area contributed by atoms with E-state index in [1.807, 2.05) is 0 Å². The molecular weight excluding hydrogens is 208 g/mol. The Morgan fingerprint density at radius 2 is 1.79 bits per heavy atom. The highest BCUT2D eigenvalue weighted by Gasteiger charge is 2.42. The summed E-state index contributed by atoms with van der Waals surface area (Å²) in [7, 11) is -1.09. The number of hydrogen-bond donors (Lipinski definition) is 5. The Bertz CT molecular complexity index is 258. The van der Waals surface area contributed by atoms with Crippen molar-refractivity contribution < 1.29 is 25.2 Å². The van der Waals surface area contributed by atoms with Gasteiger partial charge >= 0.3 is 0 Å². The lowest BCUT2D eigenvalue weighted by Crippen LogP contribution is -2.57. The Kier molecular flexibility index (Phi) is 3.97. The monoisotopic (exact) mass is 224 g/mol. The van der Waals surface area contributed by atoms with Crippen LogP contribution in [0.1, 0.15) is 0 Å². The Hall–Kier alpha value is -0.0700. The molecule has 0 aromatic rings. The third-order valence-electron chi connectivity index (χ3n) is 2.27. The standard InChI is InChI=1S/C8H16O5S/c1-14(2)8-7(12)6(11)5(10)4(3-9)13-8/h1,4-12,14H,3H2,2H3/t4?,5-,6?,7?,8-/m0/s1. The van der Waals surface area contributed by atoms with Gasteiger partial charge in [0, 0.05) is 0 Å². The predicted molar refractivity (Wildman–Crippen MR) is 53.6 cm³/mol. The summed E-state index contributed by atoms with van der Waals surface area (Å²) in [6.07, 6.45) is -3.00. The van der Waals surface area contributed by atoms with Crippen LogP contribution in [0.2, 0.25) is 0 Å². The Labute approximate surface area is 84.5 Å². The van der Waals surface area contributed by atoms with Gasteiger partial charge in [-0.15, -0.1) is 5.69 Å². The smallest absolute Gasteiger partial charge is 0.123 e. The highest BCUT2D eigenvalue weighted by molar-refractivity contribution is 8.06. The molecule has 1 heterocycles. The summed E-state index contributed by atoms with van der Waals surface area (Å²) < 4.78 is 5.19. The molecule has 5 nitrogen and oxygen atoms in total. The molecule has 4 unspecified atom stereocenters. The van der Waals surface area contributed by atoms with Crippen LogP contribution in [0.15, 0.2) is 0 Å². The van der Waals surface area contributed by atoms with Crippen LogP contribution in [-0.2, 0) is 4.74 Å². The average molecular weight is 224 g/mol. The molecule has 84 valence electrons. The molecule has 0 amide bonds. The molecule has 0 saturated carbocycles. The number of aliphatic hydroxyl groups excluding tert-OH is 4. The molecule has 0 aromatic carbocycles. The van der Waals surface area contributed by atoms with Crippen molar-refractivity contribution in [2.24, 2.45) is 0 Å². The first-order chi connectivity index (χ1) is 6.49. The van der Waals surface area contributed by atoms with Crippen molar-refractivity contribution in [1.29, 1.82) is 0 Å². The van der Waals surface area contributed by atoms with Crippen LogP contribution in [0.25, 0.3) is 0 Å². The highest BCUT2D eigenvalue weighted by atomic mass is 32.2. The SMILES string of the molecule is C#[SH](C)[C@@H]1OC(CO)[C@H](O)C(O)C1O. The maximum absolute atomic E-state index is 9.51. The summed E-state index contributed by atoms with van der Waals surface area (Å²) in [5.74, 6) is 0. The second kappa shape index (κ2) is 4.63. The number of ether oxygens (including phenoxy) is 1. The van der Waals surface area contributed by atoms with Crippen molar-refractivity contribution in [1.82, 2.24) is 0 Å². The van der Waals surface area contributed by atoms with Gasteiger partial charge in [0.05, 0.1) is 6.61 Å². The minimum Gasteiger partial charge on any atom is -0.394 e. The molecule has 0 radical (unpaired) electrons. The fraction of sp³-hybridized carbons (Fsp3) is 0.875. The zero-order chi connectivity index (χ0) is 10.9. The van der Waals surface area contributed by atoms with Gasteiger partial charge < -0.3 is 25.2 Å². The van der Waals surface area contributed by atoms with E-state index >= 15 is 0 Å². The maximum atomic E-state index is 9.51. The molecule has 0 aromatic heterocycles. The minimum absolute atomic E-state index is 0.412. The van der Waals surface area contributed by atoms with E-state index in [9.17, 15) is 15.3 Å². The van der Waals surface area contributed by atoms with Gasteiger partial charge in [-0.2, -0.15) is 10.3 Å². The Morgan fingerprint density at radius 1 is 1.21 bits per heavy atom. The molecular formula is C8H16O5S. The Morgan fingerprint density at radius 3 is 2.21 bits per heavy atom. The first-order valence-electron chi connectivity index (χ1n) is 4.27. The molecule has 1 saturated heterocycles. The molecule has 6 atom stereocenters. The van der Waals surface area contributed by atoms with E-state index in [4.69, 9.17) is 15.5 Å². The third kappa shape index (κ3) is 2.12. The van der Waals surface area contributed by atoms with Crippen molar-refractivity contribution in [3.05, 3.63) is 0 Å². The van der Waals surface area contributed by atoms with Crippen molar-refractivity contribution in [2.45, 2.75) is 29.9 Å². The van der Waals surface area contributed by atoms with Crippen LogP contribution < -0.4 is 0 Å². The van der Waals surface area contributed by atoms with Crippen LogP contribution in [0.4, 0.5) is 0 Å². The third-order valence-corrected chi connectivity index (χ3v) is 3.50. The summed E-state index contributed by atoms with van der Waals surface area (Å²) >= 11 is 0. The van der Waals surface area contributed by atoms with Gasteiger partial charge in [0.25, 0.3) is 0 Å². The van der Waals surface area contributed by atoms with E-state index in [0.29, 0.717) is 0 Å². The normalized spacial score (nSPS) is 46.1. The fourth-order valence-electron chi connectivity index (χ4n) is 1.42. The first kappa shape index (κ1) is 12.0. The van der Waals surface area contributed by atoms with Crippen LogP contribution in [0, 0.1) is 5.69 Å². The first-order valence-corrected chi connectivity index (χ1v) is 6.19.